The molecule has 7 nitrogen and oxygen atoms in total. The molecule has 8 heteroatoms. The van der Waals surface area contributed by atoms with Crippen molar-refractivity contribution in [1.82, 2.24) is 19.9 Å². The lowest BCUT2D eigenvalue weighted by Crippen LogP contribution is -2.23. The van der Waals surface area contributed by atoms with Crippen LogP contribution in [-0.2, 0) is 27.6 Å². The maximum Gasteiger partial charge on any atom is 0.407 e. The summed E-state index contributed by atoms with van der Waals surface area (Å²) in [5.74, 6) is 0.800. The number of aromatic nitrogens is 3. The van der Waals surface area contributed by atoms with E-state index >= 15 is 0 Å². The number of carbonyl (C=O) groups is 1. The van der Waals surface area contributed by atoms with Gasteiger partial charge in [0, 0.05) is 23.7 Å². The number of nitrogens with zero attached hydrogens (tertiary/aromatic N) is 3. The predicted molar refractivity (Wildman–Crippen MR) is 107 cm³/mol. The van der Waals surface area contributed by atoms with Crippen LogP contribution in [-0.4, -0.2) is 31.4 Å². The zero-order valence-electron chi connectivity index (χ0n) is 16.4. The zero-order valence-corrected chi connectivity index (χ0v) is 17.2. The zero-order chi connectivity index (χ0) is 20.3. The van der Waals surface area contributed by atoms with Crippen molar-refractivity contribution in [1.29, 1.82) is 0 Å². The van der Waals surface area contributed by atoms with Gasteiger partial charge >= 0.3 is 6.09 Å². The third-order valence-electron chi connectivity index (χ3n) is 4.11. The van der Waals surface area contributed by atoms with Crippen LogP contribution < -0.4 is 5.32 Å². The summed E-state index contributed by atoms with van der Waals surface area (Å²) in [6.07, 6.45) is 1.32. The molecule has 0 radical (unpaired) electrons. The minimum atomic E-state index is -1.44. The van der Waals surface area contributed by atoms with Crippen molar-refractivity contribution >= 4 is 22.5 Å². The normalized spacial score (nSPS) is 12.7. The Hall–Kier alpha value is -2.74. The summed E-state index contributed by atoms with van der Waals surface area (Å²) < 4.78 is 20.3. The molecule has 1 atom stereocenters. The smallest absolute Gasteiger partial charge is 0.407 e. The number of hydrogen-bond acceptors (Lipinski definition) is 5. The number of rotatable bonds is 5. The second-order valence-corrected chi connectivity index (χ2v) is 8.80. The molecule has 0 spiro atoms. The van der Waals surface area contributed by atoms with Crippen LogP contribution in [0.25, 0.3) is 5.65 Å². The monoisotopic (exact) mass is 400 g/mol. The van der Waals surface area contributed by atoms with E-state index in [-0.39, 0.29) is 12.0 Å². The lowest BCUT2D eigenvalue weighted by Gasteiger charge is -2.16. The minimum Gasteiger partial charge on any atom is -0.445 e. The molecule has 1 aromatic carbocycles. The van der Waals surface area contributed by atoms with Gasteiger partial charge in [-0.05, 0) is 25.1 Å². The third-order valence-corrected chi connectivity index (χ3v) is 5.58. The molecule has 28 heavy (non-hydrogen) atoms. The van der Waals surface area contributed by atoms with Crippen molar-refractivity contribution in [2.24, 2.45) is 0 Å². The number of fused-ring (bicyclic) bond motifs is 1. The van der Waals surface area contributed by atoms with Gasteiger partial charge in [-0.2, -0.15) is 0 Å². The highest BCUT2D eigenvalue weighted by Gasteiger charge is 2.22. The van der Waals surface area contributed by atoms with Crippen molar-refractivity contribution in [2.45, 2.75) is 49.5 Å². The van der Waals surface area contributed by atoms with E-state index in [4.69, 9.17) is 4.74 Å². The van der Waals surface area contributed by atoms with Gasteiger partial charge in [0.25, 0.3) is 0 Å². The Morgan fingerprint density at radius 1 is 1.18 bits per heavy atom. The van der Waals surface area contributed by atoms with Crippen LogP contribution in [0.5, 0.6) is 0 Å². The summed E-state index contributed by atoms with van der Waals surface area (Å²) >= 11 is 0. The second kappa shape index (κ2) is 8.10. The molecule has 0 saturated carbocycles. The minimum absolute atomic E-state index is 0.0515. The average molecular weight is 401 g/mol. The first kappa shape index (κ1) is 20.0. The second-order valence-electron chi connectivity index (χ2n) is 7.35. The van der Waals surface area contributed by atoms with Crippen LogP contribution in [0.2, 0.25) is 0 Å². The molecular weight excluding hydrogens is 376 g/mol. The SMILES string of the molecule is CCNC(=O)OCc1ccccc1S(=O)c1ccc2nnc(C(C)(C)C)n2c1. The Balaban J connectivity index is 1.93. The van der Waals surface area contributed by atoms with Crippen LogP contribution in [0.1, 0.15) is 39.1 Å². The molecule has 0 saturated heterocycles. The molecule has 0 aliphatic rings. The first-order chi connectivity index (χ1) is 13.3. The van der Waals surface area contributed by atoms with Crippen LogP contribution in [0.4, 0.5) is 4.79 Å². The Bertz CT molecular complexity index is 1020. The lowest BCUT2D eigenvalue weighted by molar-refractivity contribution is 0.139. The molecule has 0 bridgehead atoms. The van der Waals surface area contributed by atoms with Gasteiger partial charge in [0.2, 0.25) is 0 Å². The molecular formula is C20H24N4O3S. The lowest BCUT2D eigenvalue weighted by atomic mass is 9.96. The van der Waals surface area contributed by atoms with Crippen molar-refractivity contribution in [3.05, 3.63) is 54.0 Å². The summed E-state index contributed by atoms with van der Waals surface area (Å²) in [7, 11) is -1.44. The molecule has 2 heterocycles. The van der Waals surface area contributed by atoms with Crippen LogP contribution in [0.15, 0.2) is 52.4 Å². The van der Waals surface area contributed by atoms with Crippen molar-refractivity contribution in [2.75, 3.05) is 6.54 Å². The fraction of sp³-hybridized carbons (Fsp3) is 0.350. The maximum atomic E-state index is 13.3. The van der Waals surface area contributed by atoms with Gasteiger partial charge in [-0.3, -0.25) is 4.40 Å². The Kier molecular flexibility index (Phi) is 5.79. The van der Waals surface area contributed by atoms with Crippen LogP contribution in [0, 0.1) is 0 Å². The van der Waals surface area contributed by atoms with Gasteiger partial charge in [-0.1, -0.05) is 39.0 Å². The highest BCUT2D eigenvalue weighted by atomic mass is 32.2. The summed E-state index contributed by atoms with van der Waals surface area (Å²) in [6.45, 7) is 8.53. The molecule has 148 valence electrons. The van der Waals surface area contributed by atoms with E-state index in [2.05, 4.69) is 36.3 Å². The summed E-state index contributed by atoms with van der Waals surface area (Å²) in [6, 6.07) is 10.8. The highest BCUT2D eigenvalue weighted by Crippen LogP contribution is 2.25. The Morgan fingerprint density at radius 2 is 1.93 bits per heavy atom. The van der Waals surface area contributed by atoms with Crippen LogP contribution >= 0.6 is 0 Å². The van der Waals surface area contributed by atoms with E-state index in [1.807, 2.05) is 41.8 Å². The largest absolute Gasteiger partial charge is 0.445 e. The molecule has 0 aliphatic carbocycles. The predicted octanol–water partition coefficient (Wildman–Crippen LogP) is 3.44. The first-order valence-electron chi connectivity index (χ1n) is 9.07. The van der Waals surface area contributed by atoms with E-state index in [1.165, 1.54) is 0 Å². The topological polar surface area (TPSA) is 85.6 Å². The van der Waals surface area contributed by atoms with Crippen molar-refractivity contribution in [3.63, 3.8) is 0 Å². The summed E-state index contributed by atoms with van der Waals surface area (Å²) in [4.78, 5) is 12.8. The van der Waals surface area contributed by atoms with E-state index in [0.29, 0.717) is 27.5 Å². The maximum absolute atomic E-state index is 13.3. The van der Waals surface area contributed by atoms with E-state index in [0.717, 1.165) is 5.82 Å². The molecule has 3 aromatic rings. The third kappa shape index (κ3) is 4.22. The quantitative estimate of drug-likeness (QED) is 0.709. The van der Waals surface area contributed by atoms with Crippen molar-refractivity contribution in [3.8, 4) is 0 Å². The van der Waals surface area contributed by atoms with E-state index in [9.17, 15) is 9.00 Å². The standard InChI is InChI=1S/C20H24N4O3S/c1-5-21-19(25)27-13-14-8-6-7-9-16(14)28(26)15-10-11-17-22-23-18(20(2,3)4)24(17)12-15/h6-12H,5,13H2,1-4H3,(H,21,25). The number of pyridine rings is 1. The summed E-state index contributed by atoms with van der Waals surface area (Å²) in [5, 5.41) is 11.0. The number of amides is 1. The number of nitrogens with one attached hydrogen (secondary N) is 1. The fourth-order valence-electron chi connectivity index (χ4n) is 2.76. The number of ether oxygens (including phenoxy) is 1. The van der Waals surface area contributed by atoms with Gasteiger partial charge in [0.1, 0.15) is 12.4 Å². The molecule has 1 unspecified atom stereocenters. The summed E-state index contributed by atoms with van der Waals surface area (Å²) in [5.41, 5.74) is 1.21. The average Bonchev–Trinajstić information content (AvgIpc) is 3.10. The number of hydrogen-bond donors (Lipinski definition) is 1. The van der Waals surface area contributed by atoms with Gasteiger partial charge in [-0.25, -0.2) is 9.00 Å². The van der Waals surface area contributed by atoms with Gasteiger partial charge in [0.05, 0.1) is 20.6 Å². The molecule has 0 fully saturated rings. The van der Waals surface area contributed by atoms with E-state index in [1.54, 1.807) is 12.1 Å². The molecule has 1 amide bonds. The number of carbonyl (C=O) groups excluding carboxylic acids is 1. The number of alkyl carbamates (subject to hydrolysis) is 1. The van der Waals surface area contributed by atoms with Gasteiger partial charge in [0.15, 0.2) is 5.65 Å². The van der Waals surface area contributed by atoms with Crippen LogP contribution in [0.3, 0.4) is 0 Å². The first-order valence-corrected chi connectivity index (χ1v) is 10.2. The number of benzene rings is 1. The van der Waals surface area contributed by atoms with E-state index < -0.39 is 16.9 Å². The Labute approximate surface area is 166 Å². The van der Waals surface area contributed by atoms with Crippen molar-refractivity contribution < 1.29 is 13.7 Å². The molecule has 0 aliphatic heterocycles. The Morgan fingerprint density at radius 3 is 2.64 bits per heavy atom. The highest BCUT2D eigenvalue weighted by molar-refractivity contribution is 7.85. The fourth-order valence-corrected chi connectivity index (χ4v) is 3.98. The molecule has 3 rings (SSSR count). The van der Waals surface area contributed by atoms with Gasteiger partial charge < -0.3 is 10.1 Å². The van der Waals surface area contributed by atoms with Gasteiger partial charge in [-0.15, -0.1) is 10.2 Å². The molecule has 1 N–H and O–H groups in total. The molecule has 2 aromatic heterocycles.